The lowest BCUT2D eigenvalue weighted by molar-refractivity contribution is -0.161. The molecule has 0 aromatic carbocycles. The van der Waals surface area contributed by atoms with E-state index in [-0.39, 0.29) is 25.7 Å². The van der Waals surface area contributed by atoms with Crippen LogP contribution in [0.5, 0.6) is 0 Å². The van der Waals surface area contributed by atoms with Gasteiger partial charge in [-0.1, -0.05) is 291 Å². The van der Waals surface area contributed by atoms with E-state index in [4.69, 9.17) is 37.0 Å². The minimum atomic E-state index is -4.99. The van der Waals surface area contributed by atoms with E-state index in [1.165, 1.54) is 96.3 Å². The summed E-state index contributed by atoms with van der Waals surface area (Å²) in [5.41, 5.74) is 0. The summed E-state index contributed by atoms with van der Waals surface area (Å²) in [7, 11) is -9.97. The first kappa shape index (κ1) is 97.7. The summed E-state index contributed by atoms with van der Waals surface area (Å²) in [5.74, 6) is -2.25. The molecular weight excluding hydrogens is 1330 g/mol. The van der Waals surface area contributed by atoms with Crippen LogP contribution >= 0.6 is 15.6 Å². The molecule has 0 bridgehead atoms. The average molecular weight is 1480 g/mol. The molecule has 0 saturated heterocycles. The number of hydrogen-bond acceptors (Lipinski definition) is 15. The number of ether oxygens (including phenoxy) is 4. The zero-order valence-corrected chi connectivity index (χ0v) is 66.0. The predicted molar refractivity (Wildman–Crippen MR) is 418 cm³/mol. The molecular formula is C83H144O17P2. The summed E-state index contributed by atoms with van der Waals surface area (Å²) in [6, 6.07) is 0. The standard InChI is InChI=1S/C83H144O17P2/c1-5-9-13-17-21-25-29-33-35-37-38-40-42-46-48-52-56-60-64-68-81(86)94-74-79(100-83(88)70-66-62-58-54-50-44-32-28-24-20-16-12-8-4)76-98-102(91,92)96-72-77(84)71-95-101(89,90)97-75-78(99-82(87)69-65-61-57-53-49-43-31-27-23-19-15-11-7-3)73-93-80(85)67-63-59-55-51-47-45-41-39-36-34-30-26-22-18-14-10-6-2/h10,14,21-22,25-27,31,33-36,38,40-41,45,51,55,77-79,84H,5-9,11-13,15-20,23-24,28-30,32,37,39,42-44,46-50,52-54,56-76H2,1-4H3,(H,89,90)(H,91,92)/b14-10-,25-21-,26-22-,31-27-,35-33-,36-34-,40-38-,45-41-,55-51-. The molecule has 0 aromatic rings. The van der Waals surface area contributed by atoms with Gasteiger partial charge in [-0.3, -0.25) is 37.3 Å². The molecule has 0 fully saturated rings. The first-order chi connectivity index (χ1) is 49.7. The molecule has 5 unspecified atom stereocenters. The van der Waals surface area contributed by atoms with Gasteiger partial charge >= 0.3 is 39.5 Å². The van der Waals surface area contributed by atoms with Gasteiger partial charge in [-0.25, -0.2) is 9.13 Å². The Morgan fingerprint density at radius 2 is 0.520 bits per heavy atom. The molecule has 0 rings (SSSR count). The fourth-order valence-corrected chi connectivity index (χ4v) is 12.2. The number of phosphoric acid groups is 2. The third-order valence-electron chi connectivity index (χ3n) is 16.7. The normalized spacial score (nSPS) is 14.5. The number of hydrogen-bond donors (Lipinski definition) is 3. The van der Waals surface area contributed by atoms with E-state index in [1.54, 1.807) is 0 Å². The number of carbonyl (C=O) groups is 4. The van der Waals surface area contributed by atoms with E-state index in [0.717, 1.165) is 154 Å². The lowest BCUT2D eigenvalue weighted by atomic mass is 10.0. The van der Waals surface area contributed by atoms with E-state index in [1.807, 2.05) is 12.2 Å². The Morgan fingerprint density at radius 3 is 0.863 bits per heavy atom. The third-order valence-corrected chi connectivity index (χ3v) is 18.6. The van der Waals surface area contributed by atoms with Crippen molar-refractivity contribution >= 4 is 39.5 Å². The smallest absolute Gasteiger partial charge is 0.462 e. The third kappa shape index (κ3) is 74.0. The van der Waals surface area contributed by atoms with Crippen molar-refractivity contribution in [2.75, 3.05) is 39.6 Å². The largest absolute Gasteiger partial charge is 0.472 e. The number of allylic oxidation sites excluding steroid dienone is 18. The molecule has 5 atom stereocenters. The van der Waals surface area contributed by atoms with Crippen LogP contribution < -0.4 is 0 Å². The summed E-state index contributed by atoms with van der Waals surface area (Å²) in [5, 5.41) is 10.6. The van der Waals surface area contributed by atoms with Gasteiger partial charge in [0, 0.05) is 25.7 Å². The van der Waals surface area contributed by atoms with Crippen LogP contribution in [0.3, 0.4) is 0 Å². The Balaban J connectivity index is 5.37. The van der Waals surface area contributed by atoms with Gasteiger partial charge in [0.05, 0.1) is 26.4 Å². The predicted octanol–water partition coefficient (Wildman–Crippen LogP) is 23.3. The Kier molecular flexibility index (Phi) is 71.8. The van der Waals surface area contributed by atoms with E-state index in [0.29, 0.717) is 32.1 Å². The average Bonchev–Trinajstić information content (AvgIpc) is 0.907. The number of phosphoric ester groups is 2. The van der Waals surface area contributed by atoms with Crippen molar-refractivity contribution in [1.82, 2.24) is 0 Å². The second-order valence-corrected chi connectivity index (χ2v) is 29.5. The number of carbonyl (C=O) groups excluding carboxylic acids is 4. The quantitative estimate of drug-likeness (QED) is 0.0169. The van der Waals surface area contributed by atoms with Crippen molar-refractivity contribution < 1.29 is 80.2 Å². The summed E-state index contributed by atoms with van der Waals surface area (Å²) in [4.78, 5) is 73.0. The molecule has 19 heteroatoms. The maximum absolute atomic E-state index is 13.1. The van der Waals surface area contributed by atoms with Crippen molar-refractivity contribution in [3.63, 3.8) is 0 Å². The topological polar surface area (TPSA) is 237 Å². The molecule has 17 nitrogen and oxygen atoms in total. The Labute approximate surface area is 619 Å². The number of aliphatic hydroxyl groups is 1. The molecule has 0 aliphatic carbocycles. The number of esters is 4. The van der Waals surface area contributed by atoms with Crippen LogP contribution in [0.1, 0.15) is 336 Å². The number of unbranched alkanes of at least 4 members (excludes halogenated alkanes) is 31. The maximum atomic E-state index is 13.1. The van der Waals surface area contributed by atoms with Crippen molar-refractivity contribution in [1.29, 1.82) is 0 Å². The number of aliphatic hydroxyl groups excluding tert-OH is 1. The molecule has 588 valence electrons. The Hall–Kier alpha value is -4.28. The zero-order valence-electron chi connectivity index (χ0n) is 64.3. The van der Waals surface area contributed by atoms with Crippen LogP contribution in [0.4, 0.5) is 0 Å². The SMILES string of the molecule is CC/C=C\C/C=C\C/C=C\C/C=C\C/C=C\CCCC(=O)OCC(COP(=O)(O)OCC(O)COP(=O)(O)OCC(COC(=O)CCCCCCCC/C=C\C/C=C\C/C=C\CCCCC)OC(=O)CCCCCCCCCCCCCCC)OC(=O)CCCCCCC/C=C\CCCCCC. The Morgan fingerprint density at radius 1 is 0.284 bits per heavy atom. The molecule has 0 saturated carbocycles. The van der Waals surface area contributed by atoms with Crippen LogP contribution in [-0.2, 0) is 65.4 Å². The first-order valence-corrected chi connectivity index (χ1v) is 43.1. The minimum Gasteiger partial charge on any atom is -0.462 e. The van der Waals surface area contributed by atoms with Gasteiger partial charge in [-0.2, -0.15) is 0 Å². The summed E-state index contributed by atoms with van der Waals surface area (Å²) < 4.78 is 68.5. The molecule has 0 aromatic heterocycles. The fraction of sp³-hybridized carbons (Fsp3) is 0.735. The van der Waals surface area contributed by atoms with Gasteiger partial charge in [-0.15, -0.1) is 0 Å². The highest BCUT2D eigenvalue weighted by Crippen LogP contribution is 2.45. The second kappa shape index (κ2) is 75.0. The van der Waals surface area contributed by atoms with Gasteiger partial charge in [0.15, 0.2) is 12.2 Å². The molecule has 0 radical (unpaired) electrons. The zero-order chi connectivity index (χ0) is 74.6. The summed E-state index contributed by atoms with van der Waals surface area (Å²) in [6.07, 6.45) is 80.7. The lowest BCUT2D eigenvalue weighted by Crippen LogP contribution is -2.30. The molecule has 3 N–H and O–H groups in total. The van der Waals surface area contributed by atoms with Crippen molar-refractivity contribution in [3.05, 3.63) is 109 Å². The first-order valence-electron chi connectivity index (χ1n) is 40.1. The number of rotatable bonds is 75. The van der Waals surface area contributed by atoms with Crippen molar-refractivity contribution in [3.8, 4) is 0 Å². The van der Waals surface area contributed by atoms with Gasteiger partial charge in [0.1, 0.15) is 19.3 Å². The second-order valence-electron chi connectivity index (χ2n) is 26.6. The van der Waals surface area contributed by atoms with Crippen LogP contribution in [0.2, 0.25) is 0 Å². The molecule has 0 amide bonds. The Bertz CT molecular complexity index is 2360. The minimum absolute atomic E-state index is 0.0721. The summed E-state index contributed by atoms with van der Waals surface area (Å²) in [6.45, 7) is 4.66. The monoisotopic (exact) mass is 1470 g/mol. The van der Waals surface area contributed by atoms with Crippen LogP contribution in [0, 0.1) is 0 Å². The highest BCUT2D eigenvalue weighted by Gasteiger charge is 2.30. The van der Waals surface area contributed by atoms with E-state index >= 15 is 0 Å². The summed E-state index contributed by atoms with van der Waals surface area (Å²) >= 11 is 0. The molecule has 102 heavy (non-hydrogen) atoms. The molecule has 0 heterocycles. The molecule has 0 aliphatic rings. The van der Waals surface area contributed by atoms with Gasteiger partial charge < -0.3 is 33.8 Å². The van der Waals surface area contributed by atoms with Crippen molar-refractivity contribution in [2.45, 2.75) is 354 Å². The van der Waals surface area contributed by atoms with Gasteiger partial charge in [-0.05, 0) is 128 Å². The van der Waals surface area contributed by atoms with E-state index in [9.17, 15) is 43.2 Å². The van der Waals surface area contributed by atoms with Crippen molar-refractivity contribution in [2.24, 2.45) is 0 Å². The van der Waals surface area contributed by atoms with Crippen LogP contribution in [-0.4, -0.2) is 96.7 Å². The lowest BCUT2D eigenvalue weighted by Gasteiger charge is -2.21. The maximum Gasteiger partial charge on any atom is 0.472 e. The highest BCUT2D eigenvalue weighted by atomic mass is 31.2. The van der Waals surface area contributed by atoms with E-state index in [2.05, 4.69) is 125 Å². The van der Waals surface area contributed by atoms with E-state index < -0.39 is 97.5 Å². The van der Waals surface area contributed by atoms with Crippen LogP contribution in [0.25, 0.3) is 0 Å². The highest BCUT2D eigenvalue weighted by molar-refractivity contribution is 7.47. The molecule has 0 aliphatic heterocycles. The van der Waals surface area contributed by atoms with Crippen LogP contribution in [0.15, 0.2) is 109 Å². The molecule has 0 spiro atoms. The fourth-order valence-electron chi connectivity index (χ4n) is 10.6. The van der Waals surface area contributed by atoms with Gasteiger partial charge in [0.2, 0.25) is 0 Å². The van der Waals surface area contributed by atoms with Gasteiger partial charge in [0.25, 0.3) is 0 Å².